The van der Waals surface area contributed by atoms with Crippen molar-refractivity contribution < 1.29 is 19.1 Å². The average molecular weight is 331 g/mol. The Morgan fingerprint density at radius 3 is 2.45 bits per heavy atom. The van der Waals surface area contributed by atoms with E-state index < -0.39 is 11.4 Å². The second-order valence-electron chi connectivity index (χ2n) is 6.44. The van der Waals surface area contributed by atoms with Crippen LogP contribution in [-0.4, -0.2) is 46.6 Å². The Balaban J connectivity index is 2.64. The lowest BCUT2D eigenvalue weighted by Gasteiger charge is -2.30. The SMILES string of the molecule is C=C(CO)C(=C)C(CCC1OCCCO1)N[S+]([O-])C(C)(C)C. The molecule has 2 atom stereocenters. The minimum absolute atomic E-state index is 0.157. The lowest BCUT2D eigenvalue weighted by molar-refractivity contribution is -0.181. The Morgan fingerprint density at radius 2 is 1.95 bits per heavy atom. The summed E-state index contributed by atoms with van der Waals surface area (Å²) in [5.41, 5.74) is 1.23. The zero-order chi connectivity index (χ0) is 16.8. The first kappa shape index (κ1) is 19.7. The number of nitrogens with one attached hydrogen (secondary N) is 1. The summed E-state index contributed by atoms with van der Waals surface area (Å²) in [5.74, 6) is 0. The molecule has 22 heavy (non-hydrogen) atoms. The normalized spacial score (nSPS) is 19.7. The summed E-state index contributed by atoms with van der Waals surface area (Å²) in [4.78, 5) is 0. The molecule has 1 fully saturated rings. The number of ether oxygens (including phenoxy) is 2. The third-order valence-corrected chi connectivity index (χ3v) is 5.07. The minimum Gasteiger partial charge on any atom is -0.598 e. The molecule has 0 aromatic carbocycles. The van der Waals surface area contributed by atoms with E-state index in [9.17, 15) is 9.66 Å². The van der Waals surface area contributed by atoms with Crippen molar-refractivity contribution in [2.24, 2.45) is 0 Å². The standard InChI is InChI=1S/C16H29NO4S/c1-12(11-18)13(2)14(17-22(19)16(3,4)5)7-8-15-20-9-6-10-21-15/h14-15,17-18H,1-2,6-11H2,3-5H3. The van der Waals surface area contributed by atoms with Crippen LogP contribution in [0.4, 0.5) is 0 Å². The lowest BCUT2D eigenvalue weighted by atomic mass is 9.98. The van der Waals surface area contributed by atoms with Gasteiger partial charge in [-0.2, -0.15) is 0 Å². The van der Waals surface area contributed by atoms with Gasteiger partial charge in [-0.15, -0.1) is 4.72 Å². The van der Waals surface area contributed by atoms with E-state index in [1.807, 2.05) is 20.8 Å². The van der Waals surface area contributed by atoms with Crippen molar-refractivity contribution >= 4 is 11.4 Å². The molecule has 0 saturated carbocycles. The molecule has 0 amide bonds. The van der Waals surface area contributed by atoms with Crippen molar-refractivity contribution in [3.63, 3.8) is 0 Å². The van der Waals surface area contributed by atoms with Crippen LogP contribution in [0.15, 0.2) is 24.3 Å². The molecule has 5 nitrogen and oxygen atoms in total. The molecule has 1 rings (SSSR count). The Labute approximate surface area is 137 Å². The monoisotopic (exact) mass is 331 g/mol. The van der Waals surface area contributed by atoms with Gasteiger partial charge in [-0.1, -0.05) is 13.2 Å². The van der Waals surface area contributed by atoms with E-state index in [4.69, 9.17) is 9.47 Å². The lowest BCUT2D eigenvalue weighted by Crippen LogP contribution is -2.46. The van der Waals surface area contributed by atoms with Gasteiger partial charge in [-0.25, -0.2) is 0 Å². The molecule has 0 aromatic rings. The van der Waals surface area contributed by atoms with Gasteiger partial charge in [0.15, 0.2) is 6.29 Å². The van der Waals surface area contributed by atoms with Crippen molar-refractivity contribution in [3.8, 4) is 0 Å². The molecule has 0 radical (unpaired) electrons. The van der Waals surface area contributed by atoms with E-state index in [1.54, 1.807) is 0 Å². The summed E-state index contributed by atoms with van der Waals surface area (Å²) in [6, 6.07) is -0.228. The third-order valence-electron chi connectivity index (χ3n) is 3.46. The molecule has 1 aliphatic rings. The Hall–Kier alpha value is -0.370. The molecule has 1 saturated heterocycles. The Morgan fingerprint density at radius 1 is 1.36 bits per heavy atom. The Kier molecular flexibility index (Phi) is 8.10. The van der Waals surface area contributed by atoms with E-state index in [1.165, 1.54) is 0 Å². The highest BCUT2D eigenvalue weighted by molar-refractivity contribution is 7.90. The first-order valence-electron chi connectivity index (χ1n) is 7.64. The highest BCUT2D eigenvalue weighted by Crippen LogP contribution is 2.22. The van der Waals surface area contributed by atoms with Crippen LogP contribution in [0.5, 0.6) is 0 Å². The number of hydrogen-bond donors (Lipinski definition) is 2. The van der Waals surface area contributed by atoms with E-state index in [0.29, 0.717) is 37.2 Å². The molecule has 0 spiro atoms. The van der Waals surface area contributed by atoms with E-state index >= 15 is 0 Å². The number of rotatable bonds is 8. The predicted molar refractivity (Wildman–Crippen MR) is 89.7 cm³/mol. The van der Waals surface area contributed by atoms with Crippen LogP contribution in [-0.2, 0) is 20.8 Å². The molecule has 0 bridgehead atoms. The fourth-order valence-corrected chi connectivity index (χ4v) is 2.84. The maximum Gasteiger partial charge on any atom is 0.157 e. The van der Waals surface area contributed by atoms with E-state index in [-0.39, 0.29) is 23.7 Å². The highest BCUT2D eigenvalue weighted by atomic mass is 32.2. The third kappa shape index (κ3) is 6.40. The number of aliphatic hydroxyl groups excluding tert-OH is 1. The second-order valence-corrected chi connectivity index (χ2v) is 8.44. The fourth-order valence-electron chi connectivity index (χ4n) is 1.96. The zero-order valence-corrected chi connectivity index (χ0v) is 14.7. The molecule has 128 valence electrons. The van der Waals surface area contributed by atoms with Crippen LogP contribution in [0.2, 0.25) is 0 Å². The van der Waals surface area contributed by atoms with Gasteiger partial charge in [0, 0.05) is 17.8 Å². The summed E-state index contributed by atoms with van der Waals surface area (Å²) in [6.45, 7) is 14.8. The molecular formula is C16H29NO4S. The zero-order valence-electron chi connectivity index (χ0n) is 13.9. The number of hydrogen-bond acceptors (Lipinski definition) is 5. The summed E-state index contributed by atoms with van der Waals surface area (Å²) in [5, 5.41) is 9.25. The minimum atomic E-state index is -1.23. The Bertz CT molecular complexity index is 375. The van der Waals surface area contributed by atoms with Crippen LogP contribution in [0.1, 0.15) is 40.0 Å². The molecule has 2 unspecified atom stereocenters. The summed E-state index contributed by atoms with van der Waals surface area (Å²) in [7, 11) is 0. The number of aliphatic hydroxyl groups is 1. The quantitative estimate of drug-likeness (QED) is 0.526. The molecular weight excluding hydrogens is 302 g/mol. The maximum absolute atomic E-state index is 12.3. The largest absolute Gasteiger partial charge is 0.598 e. The van der Waals surface area contributed by atoms with Crippen molar-refractivity contribution in [1.29, 1.82) is 0 Å². The van der Waals surface area contributed by atoms with Crippen molar-refractivity contribution in [2.45, 2.75) is 57.1 Å². The van der Waals surface area contributed by atoms with Gasteiger partial charge in [0.2, 0.25) is 0 Å². The van der Waals surface area contributed by atoms with Crippen LogP contribution >= 0.6 is 0 Å². The van der Waals surface area contributed by atoms with Gasteiger partial charge in [0.1, 0.15) is 4.75 Å². The highest BCUT2D eigenvalue weighted by Gasteiger charge is 2.31. The first-order chi connectivity index (χ1) is 10.3. The molecule has 0 aliphatic carbocycles. The van der Waals surface area contributed by atoms with Crippen LogP contribution in [0.3, 0.4) is 0 Å². The van der Waals surface area contributed by atoms with E-state index in [0.717, 1.165) is 6.42 Å². The van der Waals surface area contributed by atoms with Crippen molar-refractivity contribution in [2.75, 3.05) is 19.8 Å². The van der Waals surface area contributed by atoms with Crippen LogP contribution < -0.4 is 4.72 Å². The molecule has 0 aromatic heterocycles. The average Bonchev–Trinajstić information content (AvgIpc) is 2.49. The molecule has 1 heterocycles. The molecule has 1 aliphatic heterocycles. The van der Waals surface area contributed by atoms with E-state index in [2.05, 4.69) is 17.9 Å². The first-order valence-corrected chi connectivity index (χ1v) is 8.79. The predicted octanol–water partition coefficient (Wildman–Crippen LogP) is 2.05. The molecule has 2 N–H and O–H groups in total. The van der Waals surface area contributed by atoms with Crippen molar-refractivity contribution in [3.05, 3.63) is 24.3 Å². The second kappa shape index (κ2) is 9.05. The molecule has 6 heteroatoms. The summed E-state index contributed by atoms with van der Waals surface area (Å²) in [6.07, 6.45) is 2.03. The van der Waals surface area contributed by atoms with Gasteiger partial charge < -0.3 is 19.1 Å². The fraction of sp³-hybridized carbons (Fsp3) is 0.750. The van der Waals surface area contributed by atoms with Gasteiger partial charge in [-0.05, 0) is 44.8 Å². The van der Waals surface area contributed by atoms with Gasteiger partial charge in [0.25, 0.3) is 0 Å². The smallest absolute Gasteiger partial charge is 0.157 e. The topological polar surface area (TPSA) is 73.8 Å². The summed E-state index contributed by atoms with van der Waals surface area (Å²) >= 11 is -1.23. The van der Waals surface area contributed by atoms with Crippen molar-refractivity contribution in [1.82, 2.24) is 4.72 Å². The van der Waals surface area contributed by atoms with Gasteiger partial charge in [0.05, 0.1) is 25.9 Å². The van der Waals surface area contributed by atoms with Crippen LogP contribution in [0, 0.1) is 0 Å². The van der Waals surface area contributed by atoms with Gasteiger partial charge >= 0.3 is 0 Å². The maximum atomic E-state index is 12.3. The van der Waals surface area contributed by atoms with Crippen LogP contribution in [0.25, 0.3) is 0 Å². The summed E-state index contributed by atoms with van der Waals surface area (Å²) < 4.78 is 26.1. The van der Waals surface area contributed by atoms with Gasteiger partial charge in [-0.3, -0.25) is 0 Å².